The topological polar surface area (TPSA) is 55.4 Å². The van der Waals surface area contributed by atoms with Crippen LogP contribution in [-0.4, -0.2) is 15.0 Å². The second-order valence-electron chi connectivity index (χ2n) is 5.32. The summed E-state index contributed by atoms with van der Waals surface area (Å²) in [4.78, 5) is 0.305. The van der Waals surface area contributed by atoms with Crippen LogP contribution in [0.5, 0.6) is 5.75 Å². The van der Waals surface area contributed by atoms with Crippen molar-refractivity contribution in [3.8, 4) is 5.75 Å². The minimum absolute atomic E-state index is 0.305. The predicted octanol–water partition coefficient (Wildman–Crippen LogP) is 3.37. The lowest BCUT2D eigenvalue weighted by molar-refractivity contribution is 0.342. The molecule has 0 aliphatic heterocycles. The summed E-state index contributed by atoms with van der Waals surface area (Å²) in [5, 5.41) is 0. The van der Waals surface area contributed by atoms with Gasteiger partial charge in [0.1, 0.15) is 5.75 Å². The summed E-state index contributed by atoms with van der Waals surface area (Å²) in [6.07, 6.45) is 3.09. The summed E-state index contributed by atoms with van der Waals surface area (Å²) in [7, 11) is -3.61. The van der Waals surface area contributed by atoms with Crippen molar-refractivity contribution in [2.75, 3.05) is 11.3 Å². The third-order valence-corrected chi connectivity index (χ3v) is 5.17. The predicted molar refractivity (Wildman–Crippen MR) is 86.9 cm³/mol. The summed E-state index contributed by atoms with van der Waals surface area (Å²) < 4.78 is 33.3. The summed E-state index contributed by atoms with van der Waals surface area (Å²) in [5.74, 6) is 0.537. The molecule has 0 heterocycles. The Morgan fingerprint density at radius 2 is 1.86 bits per heavy atom. The number of hydrogen-bond donors (Lipinski definition) is 1. The first-order chi connectivity index (χ1) is 10.6. The summed E-state index contributed by atoms with van der Waals surface area (Å²) in [5.41, 5.74) is 2.86. The summed E-state index contributed by atoms with van der Waals surface area (Å²) in [6, 6.07) is 12.4. The molecule has 0 unspecified atom stereocenters. The molecule has 0 atom stereocenters. The largest absolute Gasteiger partial charge is 0.492 e. The van der Waals surface area contributed by atoms with Crippen LogP contribution in [0.15, 0.2) is 47.4 Å². The van der Waals surface area contributed by atoms with Crippen LogP contribution in [0.2, 0.25) is 0 Å². The molecule has 0 amide bonds. The van der Waals surface area contributed by atoms with Gasteiger partial charge in [-0.15, -0.1) is 0 Å². The Morgan fingerprint density at radius 1 is 1.09 bits per heavy atom. The second kappa shape index (κ2) is 6.01. The van der Waals surface area contributed by atoms with Crippen molar-refractivity contribution in [2.45, 2.75) is 31.1 Å². The number of aryl methyl sites for hydroxylation is 2. The van der Waals surface area contributed by atoms with E-state index in [0.29, 0.717) is 22.9 Å². The van der Waals surface area contributed by atoms with Crippen LogP contribution in [0.4, 0.5) is 5.69 Å². The van der Waals surface area contributed by atoms with Gasteiger partial charge in [-0.05, 0) is 61.6 Å². The van der Waals surface area contributed by atoms with Gasteiger partial charge in [-0.1, -0.05) is 18.2 Å². The molecule has 0 saturated heterocycles. The number of fused-ring (bicyclic) bond motifs is 1. The van der Waals surface area contributed by atoms with Crippen LogP contribution in [0, 0.1) is 0 Å². The molecule has 0 radical (unpaired) electrons. The second-order valence-corrected chi connectivity index (χ2v) is 7.00. The van der Waals surface area contributed by atoms with Crippen LogP contribution in [0.3, 0.4) is 0 Å². The first-order valence-corrected chi connectivity index (χ1v) is 8.95. The van der Waals surface area contributed by atoms with E-state index in [-0.39, 0.29) is 0 Å². The number of nitrogens with one attached hydrogen (secondary N) is 1. The minimum Gasteiger partial charge on any atom is -0.492 e. The van der Waals surface area contributed by atoms with Gasteiger partial charge in [-0.2, -0.15) is 0 Å². The number of rotatable bonds is 5. The van der Waals surface area contributed by atoms with Gasteiger partial charge in [-0.3, -0.25) is 4.72 Å². The molecule has 2 aromatic rings. The van der Waals surface area contributed by atoms with Crippen LogP contribution >= 0.6 is 0 Å². The smallest absolute Gasteiger partial charge is 0.262 e. The average Bonchev–Trinajstić information content (AvgIpc) is 2.97. The molecule has 4 nitrogen and oxygen atoms in total. The number of hydrogen-bond acceptors (Lipinski definition) is 3. The Balaban J connectivity index is 1.91. The van der Waals surface area contributed by atoms with Crippen molar-refractivity contribution in [3.63, 3.8) is 0 Å². The molecule has 22 heavy (non-hydrogen) atoms. The van der Waals surface area contributed by atoms with Gasteiger partial charge in [-0.25, -0.2) is 8.42 Å². The fourth-order valence-electron chi connectivity index (χ4n) is 2.75. The van der Waals surface area contributed by atoms with Gasteiger partial charge in [0.05, 0.1) is 17.2 Å². The van der Waals surface area contributed by atoms with Crippen molar-refractivity contribution >= 4 is 15.7 Å². The SMILES string of the molecule is CCOc1ccccc1NS(=O)(=O)c1ccc2c(c1)CCC2. The quantitative estimate of drug-likeness (QED) is 0.920. The van der Waals surface area contributed by atoms with E-state index in [9.17, 15) is 8.42 Å². The molecule has 0 aromatic heterocycles. The highest BCUT2D eigenvalue weighted by atomic mass is 32.2. The maximum Gasteiger partial charge on any atom is 0.262 e. The molecule has 1 aliphatic rings. The van der Waals surface area contributed by atoms with Gasteiger partial charge in [0.15, 0.2) is 0 Å². The monoisotopic (exact) mass is 317 g/mol. The Morgan fingerprint density at radius 3 is 2.68 bits per heavy atom. The minimum atomic E-state index is -3.61. The van der Waals surface area contributed by atoms with Crippen molar-refractivity contribution in [2.24, 2.45) is 0 Å². The van der Waals surface area contributed by atoms with Gasteiger partial charge in [0.2, 0.25) is 0 Å². The van der Waals surface area contributed by atoms with Gasteiger partial charge < -0.3 is 4.74 Å². The van der Waals surface area contributed by atoms with Crippen molar-refractivity contribution in [1.82, 2.24) is 0 Å². The van der Waals surface area contributed by atoms with Crippen molar-refractivity contribution < 1.29 is 13.2 Å². The fraction of sp³-hybridized carbons (Fsp3) is 0.294. The molecule has 0 saturated carbocycles. The maximum absolute atomic E-state index is 12.6. The van der Waals surface area contributed by atoms with E-state index in [4.69, 9.17) is 4.74 Å². The Bertz CT molecular complexity index is 784. The molecule has 0 fully saturated rings. The van der Waals surface area contributed by atoms with Crippen molar-refractivity contribution in [1.29, 1.82) is 0 Å². The van der Waals surface area contributed by atoms with E-state index >= 15 is 0 Å². The Labute approximate surface area is 131 Å². The zero-order valence-electron chi connectivity index (χ0n) is 12.5. The zero-order valence-corrected chi connectivity index (χ0v) is 13.3. The van der Waals surface area contributed by atoms with E-state index in [2.05, 4.69) is 4.72 Å². The van der Waals surface area contributed by atoms with Gasteiger partial charge in [0.25, 0.3) is 10.0 Å². The first kappa shape index (κ1) is 14.9. The van der Waals surface area contributed by atoms with Crippen molar-refractivity contribution in [3.05, 3.63) is 53.6 Å². The number of benzene rings is 2. The van der Waals surface area contributed by atoms with Crippen LogP contribution in [0.1, 0.15) is 24.5 Å². The highest BCUT2D eigenvalue weighted by molar-refractivity contribution is 7.92. The van der Waals surface area contributed by atoms with E-state index < -0.39 is 10.0 Å². The lowest BCUT2D eigenvalue weighted by Gasteiger charge is -2.13. The van der Waals surface area contributed by atoms with Crippen LogP contribution < -0.4 is 9.46 Å². The molecule has 0 spiro atoms. The summed E-state index contributed by atoms with van der Waals surface area (Å²) >= 11 is 0. The molecule has 2 aromatic carbocycles. The molecule has 3 rings (SSSR count). The van der Waals surface area contributed by atoms with E-state index in [1.54, 1.807) is 30.3 Å². The molecular weight excluding hydrogens is 298 g/mol. The third kappa shape index (κ3) is 2.95. The van der Waals surface area contributed by atoms with Crippen LogP contribution in [0.25, 0.3) is 0 Å². The van der Waals surface area contributed by atoms with Crippen LogP contribution in [-0.2, 0) is 22.9 Å². The number of ether oxygens (including phenoxy) is 1. The molecule has 0 bridgehead atoms. The molecule has 5 heteroatoms. The Kier molecular flexibility index (Phi) is 4.07. The normalized spacial score (nSPS) is 13.7. The average molecular weight is 317 g/mol. The van der Waals surface area contributed by atoms with Gasteiger partial charge in [0, 0.05) is 0 Å². The fourth-order valence-corrected chi connectivity index (χ4v) is 3.87. The molecule has 1 N–H and O–H groups in total. The Hall–Kier alpha value is -2.01. The number of sulfonamides is 1. The number of anilines is 1. The first-order valence-electron chi connectivity index (χ1n) is 7.46. The van der Waals surface area contributed by atoms with E-state index in [1.807, 2.05) is 19.1 Å². The highest BCUT2D eigenvalue weighted by Gasteiger charge is 2.19. The third-order valence-electron chi connectivity index (χ3n) is 3.81. The van der Waals surface area contributed by atoms with E-state index in [1.165, 1.54) is 5.56 Å². The molecule has 116 valence electrons. The zero-order chi connectivity index (χ0) is 15.6. The lowest BCUT2D eigenvalue weighted by Crippen LogP contribution is -2.14. The summed E-state index contributed by atoms with van der Waals surface area (Å²) in [6.45, 7) is 2.35. The number of para-hydroxylation sites is 2. The van der Waals surface area contributed by atoms with E-state index in [0.717, 1.165) is 24.8 Å². The molecular formula is C17H19NO3S. The standard InChI is InChI=1S/C17H19NO3S/c1-2-21-17-9-4-3-8-16(17)18-22(19,20)15-11-10-13-6-5-7-14(13)12-15/h3-4,8-12,18H,2,5-7H2,1H3. The maximum atomic E-state index is 12.6. The molecule has 1 aliphatic carbocycles. The van der Waals surface area contributed by atoms with Gasteiger partial charge >= 0.3 is 0 Å². The highest BCUT2D eigenvalue weighted by Crippen LogP contribution is 2.29. The lowest BCUT2D eigenvalue weighted by atomic mass is 10.1.